The van der Waals surface area contributed by atoms with E-state index >= 15 is 0 Å². The lowest BCUT2D eigenvalue weighted by Crippen LogP contribution is -2.06. The summed E-state index contributed by atoms with van der Waals surface area (Å²) < 4.78 is 5.27. The number of hydrogen-bond acceptors (Lipinski definition) is 4. The third-order valence-electron chi connectivity index (χ3n) is 2.43. The Morgan fingerprint density at radius 3 is 2.63 bits per heavy atom. The van der Waals surface area contributed by atoms with Crippen molar-refractivity contribution in [2.45, 2.75) is 6.92 Å². The molecule has 19 heavy (non-hydrogen) atoms. The number of anilines is 2. The number of carbonyl (C=O) groups is 1. The summed E-state index contributed by atoms with van der Waals surface area (Å²) in [4.78, 5) is 15.3. The molecule has 0 atom stereocenters. The van der Waals surface area contributed by atoms with Gasteiger partial charge in [0.25, 0.3) is 0 Å². The summed E-state index contributed by atoms with van der Waals surface area (Å²) in [6.07, 6.45) is 0. The van der Waals surface area contributed by atoms with E-state index in [-0.39, 0.29) is 11.4 Å². The van der Waals surface area contributed by atoms with Gasteiger partial charge in [0.1, 0.15) is 11.4 Å². The minimum Gasteiger partial charge on any atom is -0.478 e. The minimum absolute atomic E-state index is 0.104. The molecule has 5 heteroatoms. The molecule has 2 N–H and O–H groups in total. The monoisotopic (exact) mass is 258 g/mol. The summed E-state index contributed by atoms with van der Waals surface area (Å²) >= 11 is 0. The highest BCUT2D eigenvalue weighted by molar-refractivity contribution is 5.94. The lowest BCUT2D eigenvalue weighted by Gasteiger charge is -2.10. The lowest BCUT2D eigenvalue weighted by atomic mass is 10.2. The van der Waals surface area contributed by atoms with Gasteiger partial charge in [-0.2, -0.15) is 4.98 Å². The van der Waals surface area contributed by atoms with Gasteiger partial charge in [-0.3, -0.25) is 0 Å². The maximum absolute atomic E-state index is 11.2. The van der Waals surface area contributed by atoms with Crippen LogP contribution in [0.4, 0.5) is 11.5 Å². The molecule has 1 aromatic carbocycles. The first-order valence-electron chi connectivity index (χ1n) is 5.90. The first-order chi connectivity index (χ1) is 9.20. The number of nitrogens with one attached hydrogen (secondary N) is 1. The number of ether oxygens (including phenoxy) is 1. The Bertz CT molecular complexity index is 570. The molecule has 0 fully saturated rings. The quantitative estimate of drug-likeness (QED) is 0.862. The molecule has 0 unspecified atom stereocenters. The second-order valence-electron chi connectivity index (χ2n) is 3.77. The molecular formula is C14H14N2O3. The van der Waals surface area contributed by atoms with Crippen LogP contribution in [0.2, 0.25) is 0 Å². The Balaban J connectivity index is 2.35. The van der Waals surface area contributed by atoms with Crippen LogP contribution in [0.1, 0.15) is 17.3 Å². The van der Waals surface area contributed by atoms with Crippen molar-refractivity contribution in [2.75, 3.05) is 11.9 Å². The van der Waals surface area contributed by atoms with Gasteiger partial charge in [-0.05, 0) is 25.1 Å². The fourth-order valence-electron chi connectivity index (χ4n) is 1.60. The molecule has 0 aliphatic heterocycles. The van der Waals surface area contributed by atoms with Gasteiger partial charge >= 0.3 is 5.97 Å². The third kappa shape index (κ3) is 3.22. The van der Waals surface area contributed by atoms with E-state index in [1.54, 1.807) is 6.07 Å². The average Bonchev–Trinajstić information content (AvgIpc) is 2.40. The number of pyridine rings is 1. The standard InChI is InChI=1S/C14H14N2O3/c1-2-19-12-9-8-11(14(17)18)13(16-12)15-10-6-4-3-5-7-10/h3-9H,2H2,1H3,(H,15,16)(H,17,18). The van der Waals surface area contributed by atoms with Gasteiger partial charge in [0.2, 0.25) is 5.88 Å². The average molecular weight is 258 g/mol. The van der Waals surface area contributed by atoms with Crippen LogP contribution in [0, 0.1) is 0 Å². The minimum atomic E-state index is -1.03. The molecule has 0 aliphatic carbocycles. The van der Waals surface area contributed by atoms with Crippen molar-refractivity contribution in [3.05, 3.63) is 48.0 Å². The Kier molecular flexibility index (Phi) is 3.97. The Morgan fingerprint density at radius 1 is 1.26 bits per heavy atom. The molecule has 0 amide bonds. The first-order valence-corrected chi connectivity index (χ1v) is 5.90. The number of rotatable bonds is 5. The highest BCUT2D eigenvalue weighted by Gasteiger charge is 2.13. The smallest absolute Gasteiger partial charge is 0.339 e. The number of aromatic nitrogens is 1. The summed E-state index contributed by atoms with van der Waals surface area (Å²) in [5, 5.41) is 12.1. The normalized spacial score (nSPS) is 9.95. The van der Waals surface area contributed by atoms with Gasteiger partial charge in [0, 0.05) is 11.8 Å². The molecule has 0 spiro atoms. The third-order valence-corrected chi connectivity index (χ3v) is 2.43. The fraction of sp³-hybridized carbons (Fsp3) is 0.143. The molecule has 0 radical (unpaired) electrons. The largest absolute Gasteiger partial charge is 0.478 e. The zero-order chi connectivity index (χ0) is 13.7. The molecule has 0 bridgehead atoms. The van der Waals surface area contributed by atoms with E-state index in [1.807, 2.05) is 37.3 Å². The van der Waals surface area contributed by atoms with Crippen LogP contribution in [0.25, 0.3) is 0 Å². The number of benzene rings is 1. The molecule has 0 saturated carbocycles. The van der Waals surface area contributed by atoms with E-state index in [4.69, 9.17) is 9.84 Å². The van der Waals surface area contributed by atoms with Crippen molar-refractivity contribution in [3.63, 3.8) is 0 Å². The molecule has 2 rings (SSSR count). The van der Waals surface area contributed by atoms with Crippen molar-refractivity contribution in [3.8, 4) is 5.88 Å². The molecule has 2 aromatic rings. The van der Waals surface area contributed by atoms with Crippen molar-refractivity contribution >= 4 is 17.5 Å². The second kappa shape index (κ2) is 5.86. The van der Waals surface area contributed by atoms with Crippen LogP contribution in [0.3, 0.4) is 0 Å². The molecule has 0 aliphatic rings. The van der Waals surface area contributed by atoms with Gasteiger partial charge in [-0.1, -0.05) is 18.2 Å². The number of para-hydroxylation sites is 1. The molecule has 1 heterocycles. The summed E-state index contributed by atoms with van der Waals surface area (Å²) in [6, 6.07) is 12.3. The number of aromatic carboxylic acids is 1. The Morgan fingerprint density at radius 2 is 2.00 bits per heavy atom. The van der Waals surface area contributed by atoms with Crippen LogP contribution < -0.4 is 10.1 Å². The summed E-state index contributed by atoms with van der Waals surface area (Å²) in [5.74, 6) is -0.371. The van der Waals surface area contributed by atoms with Crippen molar-refractivity contribution < 1.29 is 14.6 Å². The summed E-state index contributed by atoms with van der Waals surface area (Å²) in [5.41, 5.74) is 0.874. The van der Waals surface area contributed by atoms with E-state index in [9.17, 15) is 4.79 Å². The number of carboxylic acids is 1. The zero-order valence-electron chi connectivity index (χ0n) is 10.5. The van der Waals surface area contributed by atoms with Gasteiger partial charge in [-0.15, -0.1) is 0 Å². The highest BCUT2D eigenvalue weighted by atomic mass is 16.5. The molecule has 1 aromatic heterocycles. The number of carboxylic acid groups (broad SMARTS) is 1. The Labute approximate surface area is 110 Å². The van der Waals surface area contributed by atoms with Crippen molar-refractivity contribution in [2.24, 2.45) is 0 Å². The maximum atomic E-state index is 11.2. The van der Waals surface area contributed by atoms with E-state index in [0.29, 0.717) is 12.5 Å². The SMILES string of the molecule is CCOc1ccc(C(=O)O)c(Nc2ccccc2)n1. The fourth-order valence-corrected chi connectivity index (χ4v) is 1.60. The maximum Gasteiger partial charge on any atom is 0.339 e. The van der Waals surface area contributed by atoms with E-state index in [0.717, 1.165) is 5.69 Å². The predicted molar refractivity (Wildman–Crippen MR) is 72.1 cm³/mol. The summed E-state index contributed by atoms with van der Waals surface area (Å²) in [6.45, 7) is 2.32. The molecular weight excluding hydrogens is 244 g/mol. The van der Waals surface area contributed by atoms with Crippen molar-refractivity contribution in [1.29, 1.82) is 0 Å². The van der Waals surface area contributed by atoms with E-state index in [1.165, 1.54) is 6.07 Å². The lowest BCUT2D eigenvalue weighted by molar-refractivity contribution is 0.0697. The van der Waals surface area contributed by atoms with Gasteiger partial charge in [0.05, 0.1) is 6.61 Å². The van der Waals surface area contributed by atoms with Gasteiger partial charge in [-0.25, -0.2) is 4.79 Å². The number of hydrogen-bond donors (Lipinski definition) is 2. The van der Waals surface area contributed by atoms with Crippen LogP contribution in [0.5, 0.6) is 5.88 Å². The van der Waals surface area contributed by atoms with Crippen LogP contribution >= 0.6 is 0 Å². The molecule has 98 valence electrons. The van der Waals surface area contributed by atoms with E-state index < -0.39 is 5.97 Å². The molecule has 5 nitrogen and oxygen atoms in total. The zero-order valence-corrected chi connectivity index (χ0v) is 10.5. The van der Waals surface area contributed by atoms with Crippen LogP contribution in [0.15, 0.2) is 42.5 Å². The second-order valence-corrected chi connectivity index (χ2v) is 3.77. The topological polar surface area (TPSA) is 71.5 Å². The summed E-state index contributed by atoms with van der Waals surface area (Å²) in [7, 11) is 0. The highest BCUT2D eigenvalue weighted by Crippen LogP contribution is 2.22. The van der Waals surface area contributed by atoms with Crippen LogP contribution in [-0.4, -0.2) is 22.7 Å². The Hall–Kier alpha value is -2.56. The first kappa shape index (κ1) is 12.9. The molecule has 0 saturated heterocycles. The number of nitrogens with zero attached hydrogens (tertiary/aromatic N) is 1. The van der Waals surface area contributed by atoms with Gasteiger partial charge < -0.3 is 15.2 Å². The van der Waals surface area contributed by atoms with E-state index in [2.05, 4.69) is 10.3 Å². The van der Waals surface area contributed by atoms with Crippen molar-refractivity contribution in [1.82, 2.24) is 4.98 Å². The van der Waals surface area contributed by atoms with Crippen LogP contribution in [-0.2, 0) is 0 Å². The van der Waals surface area contributed by atoms with Gasteiger partial charge in [0.15, 0.2) is 0 Å². The predicted octanol–water partition coefficient (Wildman–Crippen LogP) is 2.92.